The van der Waals surface area contributed by atoms with E-state index in [-0.39, 0.29) is 10.8 Å². The van der Waals surface area contributed by atoms with Gasteiger partial charge in [0.05, 0.1) is 16.7 Å². The summed E-state index contributed by atoms with van der Waals surface area (Å²) in [7, 11) is 0. The molecule has 268 valence electrons. The van der Waals surface area contributed by atoms with Crippen LogP contribution in [0.15, 0.2) is 182 Å². The molecule has 0 amide bonds. The van der Waals surface area contributed by atoms with Crippen molar-refractivity contribution < 1.29 is 0 Å². The number of nitrogens with zero attached hydrogens (tertiary/aromatic N) is 2. The van der Waals surface area contributed by atoms with Gasteiger partial charge < -0.3 is 9.47 Å². The van der Waals surface area contributed by atoms with E-state index < -0.39 is 0 Å². The first kappa shape index (κ1) is 32.8. The van der Waals surface area contributed by atoms with Crippen LogP contribution in [0.25, 0.3) is 60.9 Å². The molecule has 0 fully saturated rings. The van der Waals surface area contributed by atoms with Gasteiger partial charge in [0.1, 0.15) is 0 Å². The Balaban J connectivity index is 1.12. The van der Waals surface area contributed by atoms with Crippen molar-refractivity contribution in [3.63, 3.8) is 0 Å². The van der Waals surface area contributed by atoms with Crippen molar-refractivity contribution in [1.82, 2.24) is 4.57 Å². The van der Waals surface area contributed by atoms with Gasteiger partial charge in [-0.1, -0.05) is 161 Å². The molecule has 0 unspecified atom stereocenters. The number of rotatable bonds is 5. The van der Waals surface area contributed by atoms with Crippen LogP contribution in [0.4, 0.5) is 17.1 Å². The van der Waals surface area contributed by atoms with Gasteiger partial charge in [-0.2, -0.15) is 0 Å². The van der Waals surface area contributed by atoms with Gasteiger partial charge in [-0.3, -0.25) is 0 Å². The fourth-order valence-corrected chi connectivity index (χ4v) is 10.1. The number of aromatic nitrogens is 1. The van der Waals surface area contributed by atoms with Gasteiger partial charge in [0.2, 0.25) is 0 Å². The number of hydrogen-bond donors (Lipinski definition) is 0. The monoisotopic (exact) mass is 718 g/mol. The number of fused-ring (bicyclic) bond motifs is 9. The highest BCUT2D eigenvalue weighted by molar-refractivity contribution is 6.14. The topological polar surface area (TPSA) is 8.17 Å². The summed E-state index contributed by atoms with van der Waals surface area (Å²) >= 11 is 0. The molecule has 2 aliphatic carbocycles. The Kier molecular flexibility index (Phi) is 6.98. The zero-order chi connectivity index (χ0) is 37.8. The molecule has 0 aliphatic heterocycles. The van der Waals surface area contributed by atoms with Gasteiger partial charge in [0.25, 0.3) is 0 Å². The summed E-state index contributed by atoms with van der Waals surface area (Å²) in [5.74, 6) is 0. The summed E-state index contributed by atoms with van der Waals surface area (Å²) in [5.41, 5.74) is 20.1. The van der Waals surface area contributed by atoms with Crippen LogP contribution >= 0.6 is 0 Å². The molecule has 2 aliphatic rings. The van der Waals surface area contributed by atoms with Gasteiger partial charge in [-0.05, 0) is 93.0 Å². The van der Waals surface area contributed by atoms with E-state index in [1.54, 1.807) is 0 Å². The van der Waals surface area contributed by atoms with Gasteiger partial charge in [0.15, 0.2) is 0 Å². The quantitative estimate of drug-likeness (QED) is 0.172. The molecule has 0 saturated heterocycles. The second-order valence-electron chi connectivity index (χ2n) is 16.5. The number of hydrogen-bond acceptors (Lipinski definition) is 1. The molecule has 0 saturated carbocycles. The lowest BCUT2D eigenvalue weighted by molar-refractivity contribution is 0.660. The van der Waals surface area contributed by atoms with Crippen molar-refractivity contribution in [3.05, 3.63) is 204 Å². The van der Waals surface area contributed by atoms with E-state index in [9.17, 15) is 0 Å². The first-order valence-corrected chi connectivity index (χ1v) is 19.8. The van der Waals surface area contributed by atoms with Crippen LogP contribution in [0.1, 0.15) is 49.9 Å². The molecule has 2 nitrogen and oxygen atoms in total. The SMILES string of the molecule is CC1(C)c2ccccc2-c2cc(N(c3ccc(-c4cccc5c6ccccc6n(-c6ccccc6)c45)cc3)c3cccc4c3-c3ccccc3C4(C)C)ccc21. The minimum absolute atomic E-state index is 0.0584. The van der Waals surface area contributed by atoms with Crippen molar-refractivity contribution in [1.29, 1.82) is 0 Å². The summed E-state index contributed by atoms with van der Waals surface area (Å²) in [4.78, 5) is 2.50. The van der Waals surface area contributed by atoms with Crippen LogP contribution in [0, 0.1) is 0 Å². The first-order chi connectivity index (χ1) is 27.3. The standard InChI is InChI=1S/C54H42N2/c1-53(2)45-23-11-8-18-40(45)44-34-38(32-33-47(44)53)55(50-27-15-25-48-51(50)43-20-9-12-24-46(43)54(48,3)4)37-30-28-35(29-31-37)39-21-14-22-42-41-19-10-13-26-49(41)56(52(39)42)36-16-6-5-7-17-36/h5-34H,1-4H3. The molecular formula is C54H42N2. The van der Waals surface area contributed by atoms with Crippen LogP contribution < -0.4 is 4.90 Å². The molecule has 2 heteroatoms. The van der Waals surface area contributed by atoms with E-state index in [4.69, 9.17) is 0 Å². The summed E-state index contributed by atoms with van der Waals surface area (Å²) in [5, 5.41) is 2.52. The summed E-state index contributed by atoms with van der Waals surface area (Å²) < 4.78 is 2.43. The van der Waals surface area contributed by atoms with Crippen LogP contribution in [0.5, 0.6) is 0 Å². The third-order valence-corrected chi connectivity index (χ3v) is 12.8. The van der Waals surface area contributed by atoms with Crippen molar-refractivity contribution in [2.24, 2.45) is 0 Å². The number of para-hydroxylation sites is 3. The lowest BCUT2D eigenvalue weighted by Gasteiger charge is -2.30. The van der Waals surface area contributed by atoms with Crippen LogP contribution in [0.2, 0.25) is 0 Å². The largest absolute Gasteiger partial charge is 0.310 e. The number of anilines is 3. The smallest absolute Gasteiger partial charge is 0.0619 e. The lowest BCUT2D eigenvalue weighted by Crippen LogP contribution is -2.16. The van der Waals surface area contributed by atoms with E-state index in [0.29, 0.717) is 0 Å². The fraction of sp³-hybridized carbons (Fsp3) is 0.111. The van der Waals surface area contributed by atoms with E-state index in [1.165, 1.54) is 83.1 Å². The third-order valence-electron chi connectivity index (χ3n) is 12.8. The Hall–Kier alpha value is -6.64. The summed E-state index contributed by atoms with van der Waals surface area (Å²) in [6, 6.07) is 67.5. The summed E-state index contributed by atoms with van der Waals surface area (Å²) in [6.07, 6.45) is 0. The molecule has 0 spiro atoms. The normalized spacial score (nSPS) is 14.4. The second-order valence-corrected chi connectivity index (χ2v) is 16.5. The van der Waals surface area contributed by atoms with Crippen molar-refractivity contribution in [2.75, 3.05) is 4.90 Å². The van der Waals surface area contributed by atoms with Gasteiger partial charge in [0, 0.05) is 49.8 Å². The average molecular weight is 719 g/mol. The minimum Gasteiger partial charge on any atom is -0.310 e. The molecule has 1 heterocycles. The molecular weight excluding hydrogens is 677 g/mol. The van der Waals surface area contributed by atoms with E-state index >= 15 is 0 Å². The first-order valence-electron chi connectivity index (χ1n) is 19.8. The van der Waals surface area contributed by atoms with Crippen LogP contribution in [0.3, 0.4) is 0 Å². The molecule has 0 N–H and O–H groups in total. The van der Waals surface area contributed by atoms with Gasteiger partial charge >= 0.3 is 0 Å². The predicted octanol–water partition coefficient (Wildman–Crippen LogP) is 14.5. The molecule has 9 aromatic rings. The molecule has 8 aromatic carbocycles. The highest BCUT2D eigenvalue weighted by Crippen LogP contribution is 2.56. The fourth-order valence-electron chi connectivity index (χ4n) is 10.1. The van der Waals surface area contributed by atoms with Crippen molar-refractivity contribution in [3.8, 4) is 39.1 Å². The van der Waals surface area contributed by atoms with Crippen LogP contribution in [-0.2, 0) is 10.8 Å². The highest BCUT2D eigenvalue weighted by Gasteiger charge is 2.39. The lowest BCUT2D eigenvalue weighted by atomic mass is 9.82. The van der Waals surface area contributed by atoms with Crippen molar-refractivity contribution in [2.45, 2.75) is 38.5 Å². The van der Waals surface area contributed by atoms with Gasteiger partial charge in [-0.15, -0.1) is 0 Å². The molecule has 0 radical (unpaired) electrons. The van der Waals surface area contributed by atoms with E-state index in [1.807, 2.05) is 0 Å². The average Bonchev–Trinajstić information content (AvgIpc) is 3.79. The predicted molar refractivity (Wildman–Crippen MR) is 236 cm³/mol. The Morgan fingerprint density at radius 3 is 1.79 bits per heavy atom. The molecule has 56 heavy (non-hydrogen) atoms. The third kappa shape index (κ3) is 4.56. The Morgan fingerprint density at radius 2 is 0.982 bits per heavy atom. The maximum atomic E-state index is 2.50. The van der Waals surface area contributed by atoms with Crippen LogP contribution in [-0.4, -0.2) is 4.57 Å². The zero-order valence-electron chi connectivity index (χ0n) is 32.2. The van der Waals surface area contributed by atoms with E-state index in [0.717, 1.165) is 17.1 Å². The van der Waals surface area contributed by atoms with Gasteiger partial charge in [-0.25, -0.2) is 0 Å². The minimum atomic E-state index is -0.103. The maximum Gasteiger partial charge on any atom is 0.0619 e. The second kappa shape index (κ2) is 11.9. The maximum absolute atomic E-state index is 2.50. The Morgan fingerprint density at radius 1 is 0.411 bits per heavy atom. The van der Waals surface area contributed by atoms with Crippen molar-refractivity contribution >= 4 is 38.9 Å². The highest BCUT2D eigenvalue weighted by atomic mass is 15.1. The number of benzene rings is 8. The molecule has 0 bridgehead atoms. The Labute approximate surface area is 328 Å². The molecule has 0 atom stereocenters. The molecule has 11 rings (SSSR count). The Bertz CT molecular complexity index is 3020. The van der Waals surface area contributed by atoms with E-state index in [2.05, 4.69) is 219 Å². The zero-order valence-corrected chi connectivity index (χ0v) is 32.2. The molecule has 1 aromatic heterocycles. The summed E-state index contributed by atoms with van der Waals surface area (Å²) in [6.45, 7) is 9.44.